The molecule has 1 fully saturated rings. The van der Waals surface area contributed by atoms with Gasteiger partial charge in [-0.3, -0.25) is 0 Å². The molecule has 0 bridgehead atoms. The van der Waals surface area contributed by atoms with Crippen molar-refractivity contribution in [1.29, 1.82) is 0 Å². The van der Waals surface area contributed by atoms with Crippen LogP contribution in [-0.2, 0) is 4.74 Å². The van der Waals surface area contributed by atoms with Gasteiger partial charge in [-0.2, -0.15) is 0 Å². The lowest BCUT2D eigenvalue weighted by atomic mass is 9.83. The van der Waals surface area contributed by atoms with Crippen molar-refractivity contribution in [2.24, 2.45) is 11.7 Å². The van der Waals surface area contributed by atoms with Gasteiger partial charge in [0.25, 0.3) is 0 Å². The predicted octanol–water partition coefficient (Wildman–Crippen LogP) is 1.52. The second kappa shape index (κ2) is 5.83. The Kier molecular flexibility index (Phi) is 5.03. The molecule has 0 saturated carbocycles. The summed E-state index contributed by atoms with van der Waals surface area (Å²) in [5.74, 6) is 0.583. The van der Waals surface area contributed by atoms with Gasteiger partial charge in [0.05, 0.1) is 6.10 Å². The van der Waals surface area contributed by atoms with Crippen molar-refractivity contribution >= 4 is 0 Å². The summed E-state index contributed by atoms with van der Waals surface area (Å²) in [5, 5.41) is 3.61. The quantitative estimate of drug-likeness (QED) is 0.729. The van der Waals surface area contributed by atoms with Crippen LogP contribution in [0.3, 0.4) is 0 Å². The summed E-state index contributed by atoms with van der Waals surface area (Å²) in [7, 11) is 0. The molecule has 0 aromatic carbocycles. The number of nitrogens with one attached hydrogen (secondary N) is 1. The van der Waals surface area contributed by atoms with E-state index in [1.54, 1.807) is 0 Å². The fourth-order valence-electron chi connectivity index (χ4n) is 2.19. The number of hydrogen-bond acceptors (Lipinski definition) is 3. The van der Waals surface area contributed by atoms with Crippen LogP contribution in [0.5, 0.6) is 0 Å². The summed E-state index contributed by atoms with van der Waals surface area (Å²) in [5.41, 5.74) is 6.05. The number of nitrogens with two attached hydrogens (primary N) is 1. The molecule has 1 heterocycles. The molecule has 0 spiro atoms. The van der Waals surface area contributed by atoms with Gasteiger partial charge in [-0.15, -0.1) is 0 Å². The van der Waals surface area contributed by atoms with E-state index in [4.69, 9.17) is 10.5 Å². The van der Waals surface area contributed by atoms with Gasteiger partial charge >= 0.3 is 0 Å². The minimum absolute atomic E-state index is 0.128. The van der Waals surface area contributed by atoms with Crippen LogP contribution >= 0.6 is 0 Å². The summed E-state index contributed by atoms with van der Waals surface area (Å²) < 4.78 is 5.78. The van der Waals surface area contributed by atoms with Crippen LogP contribution in [0.1, 0.15) is 40.0 Å². The maximum Gasteiger partial charge on any atom is 0.0616 e. The highest BCUT2D eigenvalue weighted by molar-refractivity contribution is 4.94. The van der Waals surface area contributed by atoms with E-state index in [9.17, 15) is 0 Å². The molecule has 3 N–H and O–H groups in total. The lowest BCUT2D eigenvalue weighted by Gasteiger charge is -2.42. The molecule has 0 aliphatic carbocycles. The van der Waals surface area contributed by atoms with E-state index in [-0.39, 0.29) is 5.54 Å². The Hall–Kier alpha value is -0.120. The van der Waals surface area contributed by atoms with Crippen molar-refractivity contribution in [1.82, 2.24) is 5.32 Å². The Bertz CT molecular complexity index is 184. The average molecular weight is 214 g/mol. The van der Waals surface area contributed by atoms with E-state index < -0.39 is 0 Å². The first-order valence-electron chi connectivity index (χ1n) is 6.20. The maximum absolute atomic E-state index is 5.92. The average Bonchev–Trinajstić information content (AvgIpc) is 2.26. The second-order valence-corrected chi connectivity index (χ2v) is 5.02. The van der Waals surface area contributed by atoms with Gasteiger partial charge in [0.1, 0.15) is 0 Å². The summed E-state index contributed by atoms with van der Waals surface area (Å²) in [4.78, 5) is 0. The molecule has 15 heavy (non-hydrogen) atoms. The fraction of sp³-hybridized carbons (Fsp3) is 1.00. The van der Waals surface area contributed by atoms with Crippen LogP contribution in [0.4, 0.5) is 0 Å². The standard InChI is InChI=1S/C12H26N2O/c1-4-6-14-12(9-13)5-7-15-11(8-12)10(2)3/h10-11,14H,4-9,13H2,1-3H3. The van der Waals surface area contributed by atoms with Gasteiger partial charge in [-0.25, -0.2) is 0 Å². The van der Waals surface area contributed by atoms with E-state index in [1.165, 1.54) is 0 Å². The van der Waals surface area contributed by atoms with Crippen molar-refractivity contribution in [3.05, 3.63) is 0 Å². The largest absolute Gasteiger partial charge is 0.378 e. The van der Waals surface area contributed by atoms with Crippen LogP contribution < -0.4 is 11.1 Å². The minimum Gasteiger partial charge on any atom is -0.378 e. The molecule has 1 saturated heterocycles. The fourth-order valence-corrected chi connectivity index (χ4v) is 2.19. The highest BCUT2D eigenvalue weighted by Gasteiger charge is 2.36. The molecule has 0 radical (unpaired) electrons. The molecule has 90 valence electrons. The molecule has 2 atom stereocenters. The molecule has 0 aromatic heterocycles. The second-order valence-electron chi connectivity index (χ2n) is 5.02. The molecule has 1 aliphatic rings. The van der Waals surface area contributed by atoms with Gasteiger partial charge in [0.15, 0.2) is 0 Å². The predicted molar refractivity (Wildman–Crippen MR) is 63.9 cm³/mol. The van der Waals surface area contributed by atoms with Crippen LogP contribution in [0.2, 0.25) is 0 Å². The van der Waals surface area contributed by atoms with Crippen LogP contribution in [0, 0.1) is 5.92 Å². The summed E-state index contributed by atoms with van der Waals surface area (Å²) in [6, 6.07) is 0. The van der Waals surface area contributed by atoms with Crippen molar-refractivity contribution in [3.63, 3.8) is 0 Å². The van der Waals surface area contributed by atoms with E-state index in [0.717, 1.165) is 39.0 Å². The highest BCUT2D eigenvalue weighted by atomic mass is 16.5. The third kappa shape index (κ3) is 3.44. The van der Waals surface area contributed by atoms with Crippen molar-refractivity contribution in [3.8, 4) is 0 Å². The van der Waals surface area contributed by atoms with Crippen molar-refractivity contribution in [2.45, 2.75) is 51.7 Å². The number of rotatable bonds is 5. The van der Waals surface area contributed by atoms with Gasteiger partial charge in [0.2, 0.25) is 0 Å². The third-order valence-electron chi connectivity index (χ3n) is 3.39. The zero-order chi connectivity index (χ0) is 11.3. The lowest BCUT2D eigenvalue weighted by Crippen LogP contribution is -2.57. The van der Waals surface area contributed by atoms with Crippen LogP contribution in [0.25, 0.3) is 0 Å². The molecule has 3 heteroatoms. The zero-order valence-electron chi connectivity index (χ0n) is 10.4. The molecular formula is C12H26N2O. The van der Waals surface area contributed by atoms with Gasteiger partial charge in [-0.05, 0) is 31.7 Å². The zero-order valence-corrected chi connectivity index (χ0v) is 10.4. The van der Waals surface area contributed by atoms with E-state index >= 15 is 0 Å². The first-order chi connectivity index (χ1) is 7.13. The van der Waals surface area contributed by atoms with Gasteiger partial charge in [0, 0.05) is 18.7 Å². The molecule has 0 aromatic rings. The summed E-state index contributed by atoms with van der Waals surface area (Å²) in [6.45, 7) is 9.25. The monoisotopic (exact) mass is 214 g/mol. The lowest BCUT2D eigenvalue weighted by molar-refractivity contribution is -0.0492. The van der Waals surface area contributed by atoms with Gasteiger partial charge in [-0.1, -0.05) is 20.8 Å². The van der Waals surface area contributed by atoms with Crippen molar-refractivity contribution in [2.75, 3.05) is 19.7 Å². The van der Waals surface area contributed by atoms with Crippen molar-refractivity contribution < 1.29 is 4.74 Å². The number of hydrogen-bond donors (Lipinski definition) is 2. The Labute approximate surface area is 93.8 Å². The first-order valence-corrected chi connectivity index (χ1v) is 6.20. The smallest absolute Gasteiger partial charge is 0.0616 e. The molecular weight excluding hydrogens is 188 g/mol. The van der Waals surface area contributed by atoms with E-state index in [0.29, 0.717) is 12.0 Å². The molecule has 0 amide bonds. The SMILES string of the molecule is CCCNC1(CN)CCOC(C(C)C)C1. The minimum atomic E-state index is 0.128. The van der Waals surface area contributed by atoms with Crippen LogP contribution in [-0.4, -0.2) is 31.3 Å². The topological polar surface area (TPSA) is 47.3 Å². The summed E-state index contributed by atoms with van der Waals surface area (Å²) >= 11 is 0. The molecule has 2 unspecified atom stereocenters. The van der Waals surface area contributed by atoms with E-state index in [2.05, 4.69) is 26.1 Å². The molecule has 3 nitrogen and oxygen atoms in total. The Morgan fingerprint density at radius 2 is 2.27 bits per heavy atom. The maximum atomic E-state index is 5.92. The number of ether oxygens (including phenoxy) is 1. The normalized spacial score (nSPS) is 32.2. The Morgan fingerprint density at radius 1 is 1.53 bits per heavy atom. The third-order valence-corrected chi connectivity index (χ3v) is 3.39. The Balaban J connectivity index is 2.55. The van der Waals surface area contributed by atoms with E-state index in [1.807, 2.05) is 0 Å². The first kappa shape index (κ1) is 12.9. The highest BCUT2D eigenvalue weighted by Crippen LogP contribution is 2.27. The molecule has 1 aliphatic heterocycles. The Morgan fingerprint density at radius 3 is 2.80 bits per heavy atom. The van der Waals surface area contributed by atoms with Crippen LogP contribution in [0.15, 0.2) is 0 Å². The van der Waals surface area contributed by atoms with Gasteiger partial charge < -0.3 is 15.8 Å². The summed E-state index contributed by atoms with van der Waals surface area (Å²) in [6.07, 6.45) is 3.63. The molecule has 1 rings (SSSR count).